The third-order valence-corrected chi connectivity index (χ3v) is 3.38. The van der Waals surface area contributed by atoms with E-state index in [1.54, 1.807) is 11.3 Å². The predicted octanol–water partition coefficient (Wildman–Crippen LogP) is 1.78. The molecule has 15 heavy (non-hydrogen) atoms. The van der Waals surface area contributed by atoms with Gasteiger partial charge in [0.25, 0.3) is 0 Å². The molecule has 84 valence electrons. The highest BCUT2D eigenvalue weighted by Gasteiger charge is 2.10. The molecule has 0 saturated heterocycles. The first kappa shape index (κ1) is 12.0. The summed E-state index contributed by atoms with van der Waals surface area (Å²) in [6.45, 7) is 4.73. The maximum absolute atomic E-state index is 8.49. The van der Waals surface area contributed by atoms with Crippen LogP contribution < -0.4 is 11.1 Å². The number of rotatable bonds is 5. The molecule has 1 aromatic rings. The van der Waals surface area contributed by atoms with E-state index in [4.69, 9.17) is 10.9 Å². The zero-order valence-corrected chi connectivity index (χ0v) is 9.79. The first-order valence-corrected chi connectivity index (χ1v) is 5.77. The van der Waals surface area contributed by atoms with Gasteiger partial charge in [0.1, 0.15) is 5.84 Å². The van der Waals surface area contributed by atoms with E-state index in [2.05, 4.69) is 28.8 Å². The first-order valence-electron chi connectivity index (χ1n) is 4.89. The minimum Gasteiger partial charge on any atom is -0.409 e. The Morgan fingerprint density at radius 2 is 2.40 bits per heavy atom. The van der Waals surface area contributed by atoms with Gasteiger partial charge in [-0.25, -0.2) is 0 Å². The Bertz CT molecular complexity index is 310. The summed E-state index contributed by atoms with van der Waals surface area (Å²) in [6, 6.07) is 4.43. The lowest BCUT2D eigenvalue weighted by molar-refractivity contribution is 0.313. The molecule has 2 unspecified atom stereocenters. The first-order chi connectivity index (χ1) is 7.15. The molecule has 1 heterocycles. The molecular weight excluding hydrogens is 210 g/mol. The Balaban J connectivity index is 2.38. The van der Waals surface area contributed by atoms with Gasteiger partial charge in [0.15, 0.2) is 0 Å². The van der Waals surface area contributed by atoms with Gasteiger partial charge in [-0.2, -0.15) is 0 Å². The van der Waals surface area contributed by atoms with Gasteiger partial charge in [-0.05, 0) is 18.4 Å². The van der Waals surface area contributed by atoms with Crippen molar-refractivity contribution < 1.29 is 5.21 Å². The topological polar surface area (TPSA) is 70.6 Å². The largest absolute Gasteiger partial charge is 0.409 e. The Morgan fingerprint density at radius 3 is 2.93 bits per heavy atom. The molecule has 0 aliphatic rings. The summed E-state index contributed by atoms with van der Waals surface area (Å²) >= 11 is 1.72. The summed E-state index contributed by atoms with van der Waals surface area (Å²) < 4.78 is 0. The molecule has 0 aromatic carbocycles. The summed E-state index contributed by atoms with van der Waals surface area (Å²) in [7, 11) is 0. The van der Waals surface area contributed by atoms with Gasteiger partial charge in [0, 0.05) is 23.4 Å². The number of hydrogen-bond donors (Lipinski definition) is 3. The maximum atomic E-state index is 8.49. The molecular formula is C10H17N3OS. The molecule has 2 atom stereocenters. The van der Waals surface area contributed by atoms with Gasteiger partial charge < -0.3 is 16.3 Å². The third-order valence-electron chi connectivity index (χ3n) is 2.32. The van der Waals surface area contributed by atoms with E-state index in [1.165, 1.54) is 4.88 Å². The second-order valence-electron chi connectivity index (χ2n) is 3.57. The number of hydrogen-bond acceptors (Lipinski definition) is 4. The minimum atomic E-state index is 0.0393. The van der Waals surface area contributed by atoms with Crippen molar-refractivity contribution >= 4 is 17.2 Å². The van der Waals surface area contributed by atoms with Crippen LogP contribution in [0.15, 0.2) is 22.7 Å². The summed E-state index contributed by atoms with van der Waals surface area (Å²) in [4.78, 5) is 1.29. The fourth-order valence-corrected chi connectivity index (χ4v) is 1.95. The highest BCUT2D eigenvalue weighted by Crippen LogP contribution is 2.18. The smallest absolute Gasteiger partial charge is 0.143 e. The molecule has 4 N–H and O–H groups in total. The molecule has 5 heteroatoms. The van der Waals surface area contributed by atoms with E-state index in [0.29, 0.717) is 12.6 Å². The zero-order chi connectivity index (χ0) is 11.3. The second kappa shape index (κ2) is 5.72. The molecule has 0 radical (unpaired) electrons. The summed E-state index contributed by atoms with van der Waals surface area (Å²) in [5.74, 6) is 0.304. The van der Waals surface area contributed by atoms with Gasteiger partial charge in [-0.3, -0.25) is 0 Å². The lowest BCUT2D eigenvalue weighted by Gasteiger charge is -2.15. The van der Waals surface area contributed by atoms with Crippen LogP contribution in [0.1, 0.15) is 24.8 Å². The Kier molecular flexibility index (Phi) is 4.58. The average Bonchev–Trinajstić information content (AvgIpc) is 2.77. The van der Waals surface area contributed by atoms with Gasteiger partial charge in [-0.15, -0.1) is 11.3 Å². The predicted molar refractivity (Wildman–Crippen MR) is 63.3 cm³/mol. The van der Waals surface area contributed by atoms with Gasteiger partial charge in [-0.1, -0.05) is 18.1 Å². The molecule has 0 fully saturated rings. The molecule has 0 aliphatic heterocycles. The molecule has 0 aliphatic carbocycles. The quantitative estimate of drug-likeness (QED) is 0.311. The molecule has 4 nitrogen and oxygen atoms in total. The number of thiophene rings is 1. The minimum absolute atomic E-state index is 0.0393. The van der Waals surface area contributed by atoms with Crippen molar-refractivity contribution in [2.24, 2.45) is 16.8 Å². The van der Waals surface area contributed by atoms with E-state index in [9.17, 15) is 0 Å². The summed E-state index contributed by atoms with van der Waals surface area (Å²) in [6.07, 6.45) is 0. The number of amidine groups is 1. The van der Waals surface area contributed by atoms with Gasteiger partial charge in [0.2, 0.25) is 0 Å². The van der Waals surface area contributed by atoms with Gasteiger partial charge >= 0.3 is 0 Å². The Morgan fingerprint density at radius 1 is 1.67 bits per heavy atom. The maximum Gasteiger partial charge on any atom is 0.143 e. The lowest BCUT2D eigenvalue weighted by Crippen LogP contribution is -2.32. The van der Waals surface area contributed by atoms with Gasteiger partial charge in [0.05, 0.1) is 0 Å². The Hall–Kier alpha value is -1.07. The molecule has 0 saturated carbocycles. The van der Waals surface area contributed by atoms with Crippen molar-refractivity contribution in [1.82, 2.24) is 5.32 Å². The van der Waals surface area contributed by atoms with E-state index in [1.807, 2.05) is 13.0 Å². The van der Waals surface area contributed by atoms with Crippen LogP contribution in [0.4, 0.5) is 0 Å². The van der Waals surface area contributed by atoms with Crippen molar-refractivity contribution in [2.75, 3.05) is 6.54 Å². The van der Waals surface area contributed by atoms with E-state index >= 15 is 0 Å². The van der Waals surface area contributed by atoms with Crippen LogP contribution in [0, 0.1) is 5.92 Å². The molecule has 1 rings (SSSR count). The van der Waals surface area contributed by atoms with Crippen molar-refractivity contribution in [2.45, 2.75) is 19.9 Å². The van der Waals surface area contributed by atoms with Crippen LogP contribution in [0.5, 0.6) is 0 Å². The SMILES string of the molecule is CC(CNC(C)c1cccs1)C(N)=NO. The van der Waals surface area contributed by atoms with Crippen molar-refractivity contribution in [3.8, 4) is 0 Å². The van der Waals surface area contributed by atoms with Crippen LogP contribution in [0.3, 0.4) is 0 Å². The Labute approximate surface area is 93.8 Å². The third kappa shape index (κ3) is 3.53. The zero-order valence-electron chi connectivity index (χ0n) is 8.97. The van der Waals surface area contributed by atoms with Crippen LogP contribution in [0.2, 0.25) is 0 Å². The van der Waals surface area contributed by atoms with Crippen LogP contribution in [0.25, 0.3) is 0 Å². The van der Waals surface area contributed by atoms with Crippen LogP contribution in [-0.4, -0.2) is 17.6 Å². The average molecular weight is 227 g/mol. The monoisotopic (exact) mass is 227 g/mol. The number of nitrogens with one attached hydrogen (secondary N) is 1. The van der Waals surface area contributed by atoms with E-state index < -0.39 is 0 Å². The fourth-order valence-electron chi connectivity index (χ4n) is 1.19. The standard InChI is InChI=1S/C10H17N3OS/c1-7(10(11)13-14)6-12-8(2)9-4-3-5-15-9/h3-5,7-8,12,14H,6H2,1-2H3,(H2,11,13). The highest BCUT2D eigenvalue weighted by atomic mass is 32.1. The fraction of sp³-hybridized carbons (Fsp3) is 0.500. The summed E-state index contributed by atoms with van der Waals surface area (Å²) in [5, 5.41) is 16.9. The van der Waals surface area contributed by atoms with E-state index in [0.717, 1.165) is 0 Å². The van der Waals surface area contributed by atoms with E-state index in [-0.39, 0.29) is 11.8 Å². The highest BCUT2D eigenvalue weighted by molar-refractivity contribution is 7.10. The number of oxime groups is 1. The van der Waals surface area contributed by atoms with Crippen molar-refractivity contribution in [3.63, 3.8) is 0 Å². The molecule has 0 spiro atoms. The lowest BCUT2D eigenvalue weighted by atomic mass is 10.1. The van der Waals surface area contributed by atoms with Crippen LogP contribution >= 0.6 is 11.3 Å². The molecule has 0 amide bonds. The summed E-state index contributed by atoms with van der Waals surface area (Å²) in [5.41, 5.74) is 5.48. The molecule has 1 aromatic heterocycles. The second-order valence-corrected chi connectivity index (χ2v) is 4.55. The number of nitrogens with two attached hydrogens (primary N) is 1. The number of nitrogens with zero attached hydrogens (tertiary/aromatic N) is 1. The van der Waals surface area contributed by atoms with Crippen molar-refractivity contribution in [1.29, 1.82) is 0 Å². The van der Waals surface area contributed by atoms with Crippen molar-refractivity contribution in [3.05, 3.63) is 22.4 Å². The normalized spacial score (nSPS) is 16.3. The van der Waals surface area contributed by atoms with Crippen LogP contribution in [-0.2, 0) is 0 Å². The molecule has 0 bridgehead atoms.